The highest BCUT2D eigenvalue weighted by Gasteiger charge is 2.29. The van der Waals surface area contributed by atoms with Crippen molar-refractivity contribution >= 4 is 17.3 Å². The second-order valence-corrected chi connectivity index (χ2v) is 5.33. The zero-order valence-corrected chi connectivity index (χ0v) is 11.9. The van der Waals surface area contributed by atoms with E-state index in [2.05, 4.69) is 17.1 Å². The molecule has 5 heteroatoms. The second-order valence-electron chi connectivity index (χ2n) is 5.33. The van der Waals surface area contributed by atoms with E-state index in [-0.39, 0.29) is 11.6 Å². The second kappa shape index (κ2) is 6.70. The van der Waals surface area contributed by atoms with Crippen molar-refractivity contribution in [2.75, 3.05) is 24.1 Å². The Labute approximate surface area is 119 Å². The third-order valence-electron chi connectivity index (χ3n) is 3.50. The number of carbonyl (C=O) groups excluding carboxylic acids is 1. The monoisotopic (exact) mass is 279 g/mol. The van der Waals surface area contributed by atoms with Gasteiger partial charge in [0, 0.05) is 6.04 Å². The normalized spacial score (nSPS) is 14.6. The van der Waals surface area contributed by atoms with Crippen molar-refractivity contribution in [3.63, 3.8) is 0 Å². The summed E-state index contributed by atoms with van der Waals surface area (Å²) < 4.78 is 12.9. The van der Waals surface area contributed by atoms with Gasteiger partial charge < -0.3 is 11.1 Å². The predicted molar refractivity (Wildman–Crippen MR) is 78.9 cm³/mol. The number of nitrogens with zero attached hydrogens (tertiary/aromatic N) is 1. The third kappa shape index (κ3) is 4.20. The number of rotatable bonds is 7. The largest absolute Gasteiger partial charge is 0.397 e. The summed E-state index contributed by atoms with van der Waals surface area (Å²) in [6.45, 7) is 3.47. The Morgan fingerprint density at radius 3 is 2.85 bits per heavy atom. The highest BCUT2D eigenvalue weighted by Crippen LogP contribution is 2.27. The minimum Gasteiger partial charge on any atom is -0.397 e. The van der Waals surface area contributed by atoms with Crippen molar-refractivity contribution in [2.45, 2.75) is 38.6 Å². The van der Waals surface area contributed by atoms with Gasteiger partial charge in [-0.15, -0.1) is 0 Å². The number of nitrogens with two attached hydrogens (primary N) is 1. The molecule has 0 atom stereocenters. The number of benzene rings is 1. The molecule has 0 unspecified atom stereocenters. The molecule has 0 saturated heterocycles. The van der Waals surface area contributed by atoms with Crippen LogP contribution in [0.15, 0.2) is 18.2 Å². The van der Waals surface area contributed by atoms with E-state index in [1.54, 1.807) is 0 Å². The first-order valence-electron chi connectivity index (χ1n) is 7.19. The Balaban J connectivity index is 1.90. The van der Waals surface area contributed by atoms with Crippen LogP contribution in [0, 0.1) is 5.82 Å². The van der Waals surface area contributed by atoms with Crippen LogP contribution in [-0.2, 0) is 4.79 Å². The number of nitrogens with one attached hydrogen (secondary N) is 1. The lowest BCUT2D eigenvalue weighted by Crippen LogP contribution is -2.35. The number of carbonyl (C=O) groups is 1. The lowest BCUT2D eigenvalue weighted by atomic mass is 10.2. The average Bonchev–Trinajstić information content (AvgIpc) is 3.22. The molecule has 3 N–H and O–H groups in total. The molecule has 0 aromatic heterocycles. The fraction of sp³-hybridized carbons (Fsp3) is 0.533. The number of unbranched alkanes of at least 4 members (excludes halogenated alkanes) is 1. The summed E-state index contributed by atoms with van der Waals surface area (Å²) in [5, 5.41) is 2.75. The van der Waals surface area contributed by atoms with Gasteiger partial charge in [0.15, 0.2) is 0 Å². The zero-order chi connectivity index (χ0) is 14.5. The Kier molecular flexibility index (Phi) is 4.95. The molecule has 1 aliphatic carbocycles. The molecular weight excluding hydrogens is 257 g/mol. The topological polar surface area (TPSA) is 58.4 Å². The molecule has 0 bridgehead atoms. The van der Waals surface area contributed by atoms with Crippen LogP contribution < -0.4 is 11.1 Å². The van der Waals surface area contributed by atoms with E-state index in [9.17, 15) is 9.18 Å². The number of amides is 1. The van der Waals surface area contributed by atoms with Gasteiger partial charge in [0.1, 0.15) is 5.82 Å². The molecule has 0 heterocycles. The van der Waals surface area contributed by atoms with Crippen LogP contribution in [0.1, 0.15) is 32.6 Å². The van der Waals surface area contributed by atoms with Gasteiger partial charge in [-0.1, -0.05) is 13.3 Å². The van der Waals surface area contributed by atoms with Crippen molar-refractivity contribution < 1.29 is 9.18 Å². The lowest BCUT2D eigenvalue weighted by molar-refractivity contribution is -0.117. The quantitative estimate of drug-likeness (QED) is 0.754. The Morgan fingerprint density at radius 2 is 2.25 bits per heavy atom. The fourth-order valence-electron chi connectivity index (χ4n) is 2.21. The summed E-state index contributed by atoms with van der Waals surface area (Å²) in [6.07, 6.45) is 4.57. The third-order valence-corrected chi connectivity index (χ3v) is 3.50. The summed E-state index contributed by atoms with van der Waals surface area (Å²) in [6, 6.07) is 4.56. The maximum absolute atomic E-state index is 12.9. The van der Waals surface area contributed by atoms with Crippen molar-refractivity contribution in [3.05, 3.63) is 24.0 Å². The first kappa shape index (κ1) is 14.8. The van der Waals surface area contributed by atoms with E-state index >= 15 is 0 Å². The summed E-state index contributed by atoms with van der Waals surface area (Å²) in [7, 11) is 0. The molecule has 0 radical (unpaired) electrons. The highest BCUT2D eigenvalue weighted by atomic mass is 19.1. The first-order chi connectivity index (χ1) is 9.60. The lowest BCUT2D eigenvalue weighted by Gasteiger charge is -2.21. The van der Waals surface area contributed by atoms with E-state index in [1.807, 2.05) is 0 Å². The van der Waals surface area contributed by atoms with Crippen LogP contribution in [-0.4, -0.2) is 29.9 Å². The van der Waals surface area contributed by atoms with Gasteiger partial charge in [-0.2, -0.15) is 0 Å². The number of nitrogen functional groups attached to an aromatic ring is 1. The molecule has 110 valence electrons. The van der Waals surface area contributed by atoms with Gasteiger partial charge in [-0.05, 0) is 44.0 Å². The van der Waals surface area contributed by atoms with Crippen molar-refractivity contribution in [3.8, 4) is 0 Å². The standard InChI is InChI=1S/C15H22FN3O/c1-2-3-8-19(12-5-6-12)10-15(20)18-14-7-4-11(16)9-13(14)17/h4,7,9,12H,2-3,5-6,8,10,17H2,1H3,(H,18,20). The molecule has 1 aromatic carbocycles. The fourth-order valence-corrected chi connectivity index (χ4v) is 2.21. The van der Waals surface area contributed by atoms with Crippen LogP contribution in [0.25, 0.3) is 0 Å². The van der Waals surface area contributed by atoms with Crippen molar-refractivity contribution in [1.29, 1.82) is 0 Å². The average molecular weight is 279 g/mol. The Bertz CT molecular complexity index is 474. The molecule has 1 fully saturated rings. The smallest absolute Gasteiger partial charge is 0.238 e. The van der Waals surface area contributed by atoms with E-state index in [4.69, 9.17) is 5.73 Å². The minimum absolute atomic E-state index is 0.0914. The van der Waals surface area contributed by atoms with Crippen LogP contribution >= 0.6 is 0 Å². The predicted octanol–water partition coefficient (Wildman–Crippen LogP) is 2.61. The molecular formula is C15H22FN3O. The maximum Gasteiger partial charge on any atom is 0.238 e. The molecule has 0 spiro atoms. The van der Waals surface area contributed by atoms with Gasteiger partial charge in [-0.3, -0.25) is 9.69 Å². The molecule has 1 aromatic rings. The van der Waals surface area contributed by atoms with E-state index in [0.717, 1.165) is 19.4 Å². The van der Waals surface area contributed by atoms with E-state index in [1.165, 1.54) is 31.0 Å². The summed E-state index contributed by atoms with van der Waals surface area (Å²) in [5.41, 5.74) is 6.41. The Hall–Kier alpha value is -1.62. The minimum atomic E-state index is -0.400. The number of anilines is 2. The van der Waals surface area contributed by atoms with Crippen LogP contribution in [0.4, 0.5) is 15.8 Å². The van der Waals surface area contributed by atoms with Crippen LogP contribution in [0.2, 0.25) is 0 Å². The summed E-state index contributed by atoms with van der Waals surface area (Å²) in [5.74, 6) is -0.491. The Morgan fingerprint density at radius 1 is 1.50 bits per heavy atom. The van der Waals surface area contributed by atoms with Gasteiger partial charge in [-0.25, -0.2) is 4.39 Å². The zero-order valence-electron chi connectivity index (χ0n) is 11.9. The summed E-state index contributed by atoms with van der Waals surface area (Å²) in [4.78, 5) is 14.3. The first-order valence-corrected chi connectivity index (χ1v) is 7.19. The van der Waals surface area contributed by atoms with Crippen LogP contribution in [0.3, 0.4) is 0 Å². The van der Waals surface area contributed by atoms with Gasteiger partial charge in [0.25, 0.3) is 0 Å². The van der Waals surface area contributed by atoms with E-state index in [0.29, 0.717) is 18.3 Å². The highest BCUT2D eigenvalue weighted by molar-refractivity contribution is 5.95. The number of halogens is 1. The molecule has 1 saturated carbocycles. The van der Waals surface area contributed by atoms with Crippen molar-refractivity contribution in [1.82, 2.24) is 4.90 Å². The molecule has 20 heavy (non-hydrogen) atoms. The molecule has 1 amide bonds. The molecule has 0 aliphatic heterocycles. The number of hydrogen-bond acceptors (Lipinski definition) is 3. The van der Waals surface area contributed by atoms with Gasteiger partial charge >= 0.3 is 0 Å². The van der Waals surface area contributed by atoms with Crippen LogP contribution in [0.5, 0.6) is 0 Å². The molecule has 4 nitrogen and oxygen atoms in total. The van der Waals surface area contributed by atoms with E-state index < -0.39 is 5.82 Å². The molecule has 1 aliphatic rings. The van der Waals surface area contributed by atoms with Gasteiger partial charge in [0.2, 0.25) is 5.91 Å². The SMILES string of the molecule is CCCCN(CC(=O)Nc1ccc(F)cc1N)C1CC1. The van der Waals surface area contributed by atoms with Crippen molar-refractivity contribution in [2.24, 2.45) is 0 Å². The summed E-state index contributed by atoms with van der Waals surface area (Å²) >= 11 is 0. The van der Waals surface area contributed by atoms with Gasteiger partial charge in [0.05, 0.1) is 17.9 Å². The number of hydrogen-bond donors (Lipinski definition) is 2. The molecule has 2 rings (SSSR count). The maximum atomic E-state index is 12.9.